The molecule has 26 heavy (non-hydrogen) atoms. The summed E-state index contributed by atoms with van der Waals surface area (Å²) in [6.45, 7) is 0.580. The number of hydrogen-bond donors (Lipinski definition) is 1. The van der Waals surface area contributed by atoms with Gasteiger partial charge in [0.25, 0.3) is 5.56 Å². The number of nitrogens with zero attached hydrogens (tertiary/aromatic N) is 3. The fourth-order valence-electron chi connectivity index (χ4n) is 2.69. The minimum Gasteiger partial charge on any atom is -0.322 e. The fourth-order valence-corrected chi connectivity index (χ4v) is 4.39. The lowest BCUT2D eigenvalue weighted by Crippen LogP contribution is -2.31. The molecule has 10 heteroatoms. The van der Waals surface area contributed by atoms with E-state index in [1.165, 1.54) is 22.8 Å². The number of pyridine rings is 2. The monoisotopic (exact) mass is 396 g/mol. The molecular weight excluding hydrogens is 380 g/mol. The lowest BCUT2D eigenvalue weighted by atomic mass is 10.4. The smallest absolute Gasteiger partial charge is 0.251 e. The van der Waals surface area contributed by atoms with E-state index in [0.717, 1.165) is 23.5 Å². The third kappa shape index (κ3) is 3.95. The van der Waals surface area contributed by atoms with Gasteiger partial charge in [-0.15, -0.1) is 0 Å². The van der Waals surface area contributed by atoms with E-state index in [2.05, 4.69) is 10.3 Å². The molecule has 0 saturated carbocycles. The predicted molar refractivity (Wildman–Crippen MR) is 96.6 cm³/mol. The van der Waals surface area contributed by atoms with Gasteiger partial charge in [0.1, 0.15) is 6.54 Å². The van der Waals surface area contributed by atoms with Gasteiger partial charge in [-0.25, -0.2) is 13.4 Å². The molecule has 0 bridgehead atoms. The topological polar surface area (TPSA) is 101 Å². The van der Waals surface area contributed by atoms with E-state index in [9.17, 15) is 18.0 Å². The van der Waals surface area contributed by atoms with Crippen molar-refractivity contribution in [2.75, 3.05) is 18.4 Å². The zero-order valence-electron chi connectivity index (χ0n) is 13.8. The first-order valence-corrected chi connectivity index (χ1v) is 9.81. The van der Waals surface area contributed by atoms with Crippen molar-refractivity contribution in [1.29, 1.82) is 0 Å². The highest BCUT2D eigenvalue weighted by Crippen LogP contribution is 2.20. The number of aromatic nitrogens is 2. The van der Waals surface area contributed by atoms with E-state index in [1.807, 2.05) is 0 Å². The summed E-state index contributed by atoms with van der Waals surface area (Å²) >= 11 is 5.88. The van der Waals surface area contributed by atoms with E-state index in [1.54, 1.807) is 12.1 Å². The summed E-state index contributed by atoms with van der Waals surface area (Å²) in [4.78, 5) is 28.0. The molecule has 1 aliphatic heterocycles. The Bertz CT molecular complexity index is 984. The molecule has 1 fully saturated rings. The van der Waals surface area contributed by atoms with Gasteiger partial charge in [-0.05, 0) is 31.0 Å². The molecule has 1 N–H and O–H groups in total. The van der Waals surface area contributed by atoms with Crippen molar-refractivity contribution in [2.45, 2.75) is 24.3 Å². The summed E-state index contributed by atoms with van der Waals surface area (Å²) in [6, 6.07) is 5.59. The molecule has 3 heterocycles. The number of carbonyl (C=O) groups excluding carboxylic acids is 1. The number of rotatable bonds is 5. The summed E-state index contributed by atoms with van der Waals surface area (Å²) < 4.78 is 27.6. The maximum Gasteiger partial charge on any atom is 0.251 e. The number of sulfonamides is 1. The Labute approximate surface area is 155 Å². The molecule has 138 valence electrons. The molecule has 0 aromatic carbocycles. The number of anilines is 1. The molecule has 3 rings (SSSR count). The van der Waals surface area contributed by atoms with Crippen LogP contribution in [0.2, 0.25) is 5.15 Å². The van der Waals surface area contributed by atoms with E-state index >= 15 is 0 Å². The second-order valence-corrected chi connectivity index (χ2v) is 8.13. The van der Waals surface area contributed by atoms with Crippen LogP contribution in [-0.2, 0) is 21.4 Å². The molecule has 0 spiro atoms. The summed E-state index contributed by atoms with van der Waals surface area (Å²) in [5.41, 5.74) is -0.161. The average Bonchev–Trinajstić information content (AvgIpc) is 3.14. The van der Waals surface area contributed by atoms with Crippen molar-refractivity contribution >= 4 is 33.2 Å². The van der Waals surface area contributed by atoms with Crippen LogP contribution in [0.3, 0.4) is 0 Å². The van der Waals surface area contributed by atoms with E-state index in [-0.39, 0.29) is 16.6 Å². The van der Waals surface area contributed by atoms with Gasteiger partial charge in [-0.3, -0.25) is 9.59 Å². The lowest BCUT2D eigenvalue weighted by Gasteiger charge is -2.16. The summed E-state index contributed by atoms with van der Waals surface area (Å²) in [6.07, 6.45) is 4.30. The maximum atomic E-state index is 12.6. The zero-order chi connectivity index (χ0) is 18.7. The number of carbonyl (C=O) groups is 1. The van der Waals surface area contributed by atoms with Crippen LogP contribution >= 0.6 is 11.6 Å². The Morgan fingerprint density at radius 2 is 1.96 bits per heavy atom. The third-order valence-electron chi connectivity index (χ3n) is 4.01. The van der Waals surface area contributed by atoms with Gasteiger partial charge >= 0.3 is 0 Å². The van der Waals surface area contributed by atoms with Crippen molar-refractivity contribution < 1.29 is 13.2 Å². The van der Waals surface area contributed by atoms with Gasteiger partial charge < -0.3 is 9.88 Å². The van der Waals surface area contributed by atoms with Gasteiger partial charge in [0.15, 0.2) is 5.15 Å². The Balaban J connectivity index is 1.81. The SMILES string of the molecule is O=C(Cn1cc(S(=O)(=O)N2CCCC2)ccc1=O)Nc1cccnc1Cl. The second kappa shape index (κ2) is 7.56. The molecule has 8 nitrogen and oxygen atoms in total. The van der Waals surface area contributed by atoms with Crippen LogP contribution in [-0.4, -0.2) is 41.3 Å². The van der Waals surface area contributed by atoms with Crippen molar-refractivity contribution in [2.24, 2.45) is 0 Å². The van der Waals surface area contributed by atoms with Crippen LogP contribution in [0.4, 0.5) is 5.69 Å². The van der Waals surface area contributed by atoms with Crippen LogP contribution in [0, 0.1) is 0 Å². The molecule has 0 unspecified atom stereocenters. The van der Waals surface area contributed by atoms with Crippen LogP contribution in [0.5, 0.6) is 0 Å². The number of amides is 1. The van der Waals surface area contributed by atoms with Gasteiger partial charge in [0.2, 0.25) is 15.9 Å². The van der Waals surface area contributed by atoms with E-state index < -0.39 is 21.5 Å². The summed E-state index contributed by atoms with van der Waals surface area (Å²) in [5, 5.41) is 2.67. The minimum absolute atomic E-state index is 0.00814. The molecule has 2 aromatic heterocycles. The van der Waals surface area contributed by atoms with Crippen LogP contribution in [0.15, 0.2) is 46.3 Å². The number of hydrogen-bond acceptors (Lipinski definition) is 5. The molecule has 1 amide bonds. The molecule has 1 saturated heterocycles. The highest BCUT2D eigenvalue weighted by molar-refractivity contribution is 7.89. The Morgan fingerprint density at radius 1 is 1.23 bits per heavy atom. The third-order valence-corrected chi connectivity index (χ3v) is 6.19. The quantitative estimate of drug-likeness (QED) is 0.768. The zero-order valence-corrected chi connectivity index (χ0v) is 15.3. The Hall–Kier alpha value is -2.23. The molecule has 1 aliphatic rings. The average molecular weight is 397 g/mol. The highest BCUT2D eigenvalue weighted by Gasteiger charge is 2.27. The molecule has 0 aliphatic carbocycles. The van der Waals surface area contributed by atoms with Gasteiger partial charge in [-0.2, -0.15) is 4.31 Å². The van der Waals surface area contributed by atoms with Gasteiger partial charge in [0.05, 0.1) is 10.6 Å². The van der Waals surface area contributed by atoms with Gasteiger partial charge in [0, 0.05) is 31.5 Å². The number of nitrogens with one attached hydrogen (secondary N) is 1. The van der Waals surface area contributed by atoms with Gasteiger partial charge in [-0.1, -0.05) is 11.6 Å². The van der Waals surface area contributed by atoms with Crippen LogP contribution in [0.25, 0.3) is 0 Å². The first-order valence-electron chi connectivity index (χ1n) is 7.99. The van der Waals surface area contributed by atoms with E-state index in [0.29, 0.717) is 18.8 Å². The maximum absolute atomic E-state index is 12.6. The van der Waals surface area contributed by atoms with Crippen molar-refractivity contribution in [1.82, 2.24) is 13.9 Å². The summed E-state index contributed by atoms with van der Waals surface area (Å²) in [7, 11) is -3.67. The van der Waals surface area contributed by atoms with Crippen molar-refractivity contribution in [3.63, 3.8) is 0 Å². The first-order chi connectivity index (χ1) is 12.4. The van der Waals surface area contributed by atoms with Crippen LogP contribution in [0.1, 0.15) is 12.8 Å². The highest BCUT2D eigenvalue weighted by atomic mass is 35.5. The first kappa shape index (κ1) is 18.6. The second-order valence-electron chi connectivity index (χ2n) is 5.83. The number of halogens is 1. The largest absolute Gasteiger partial charge is 0.322 e. The fraction of sp³-hybridized carbons (Fsp3) is 0.312. The molecular formula is C16H17ClN4O4S. The standard InChI is InChI=1S/C16H17ClN4O4S/c17-16-13(4-3-7-18-16)19-14(22)11-20-10-12(5-6-15(20)23)26(24,25)21-8-1-2-9-21/h3-7,10H,1-2,8-9,11H2,(H,19,22). The van der Waals surface area contributed by atoms with Crippen LogP contribution < -0.4 is 10.9 Å². The Morgan fingerprint density at radius 3 is 2.65 bits per heavy atom. The molecule has 0 atom stereocenters. The molecule has 2 aromatic rings. The van der Waals surface area contributed by atoms with Crippen molar-refractivity contribution in [3.05, 3.63) is 52.2 Å². The predicted octanol–water partition coefficient (Wildman–Crippen LogP) is 1.32. The minimum atomic E-state index is -3.67. The lowest BCUT2D eigenvalue weighted by molar-refractivity contribution is -0.116. The van der Waals surface area contributed by atoms with E-state index in [4.69, 9.17) is 11.6 Å². The summed E-state index contributed by atoms with van der Waals surface area (Å²) in [5.74, 6) is -0.516. The Kier molecular flexibility index (Phi) is 5.40. The molecule has 0 radical (unpaired) electrons. The van der Waals surface area contributed by atoms with Crippen molar-refractivity contribution in [3.8, 4) is 0 Å². The normalized spacial score (nSPS) is 15.1.